The molecule has 0 bridgehead atoms. The number of rotatable bonds is 5. The van der Waals surface area contributed by atoms with E-state index >= 15 is 0 Å². The third-order valence-corrected chi connectivity index (χ3v) is 4.06. The summed E-state index contributed by atoms with van der Waals surface area (Å²) in [5, 5.41) is 5.79. The van der Waals surface area contributed by atoms with E-state index in [1.807, 2.05) is 17.6 Å². The van der Waals surface area contributed by atoms with Crippen LogP contribution in [0.5, 0.6) is 0 Å². The van der Waals surface area contributed by atoms with Crippen LogP contribution >= 0.6 is 11.3 Å². The van der Waals surface area contributed by atoms with Crippen LogP contribution in [0.3, 0.4) is 0 Å². The zero-order valence-corrected chi connectivity index (χ0v) is 11.4. The van der Waals surface area contributed by atoms with Crippen molar-refractivity contribution in [1.29, 1.82) is 0 Å². The molecule has 1 aromatic rings. The van der Waals surface area contributed by atoms with Crippen molar-refractivity contribution in [3.63, 3.8) is 0 Å². The van der Waals surface area contributed by atoms with Gasteiger partial charge in [0.2, 0.25) is 0 Å². The van der Waals surface area contributed by atoms with Crippen LogP contribution < -0.4 is 5.32 Å². The number of thiophene rings is 1. The Morgan fingerprint density at radius 2 is 2.41 bits per heavy atom. The van der Waals surface area contributed by atoms with Crippen LogP contribution in [-0.2, 0) is 4.74 Å². The van der Waals surface area contributed by atoms with Crippen LogP contribution in [0.25, 0.3) is 0 Å². The van der Waals surface area contributed by atoms with Crippen LogP contribution in [-0.4, -0.2) is 12.6 Å². The number of hydrogen-bond donors (Lipinski definition) is 1. The van der Waals surface area contributed by atoms with E-state index in [-0.39, 0.29) is 0 Å². The van der Waals surface area contributed by atoms with Gasteiger partial charge in [0.25, 0.3) is 0 Å². The first-order chi connectivity index (χ1) is 8.27. The highest BCUT2D eigenvalue weighted by atomic mass is 32.1. The maximum absolute atomic E-state index is 5.59. The van der Waals surface area contributed by atoms with Crippen molar-refractivity contribution in [1.82, 2.24) is 5.32 Å². The first-order valence-electron chi connectivity index (χ1n) is 6.34. The van der Waals surface area contributed by atoms with Crippen molar-refractivity contribution in [2.45, 2.75) is 38.8 Å². The first-order valence-corrected chi connectivity index (χ1v) is 7.22. The van der Waals surface area contributed by atoms with Crippen molar-refractivity contribution in [2.24, 2.45) is 5.92 Å². The SMILES string of the molecule is CC(C)C(NCC1CCC=CO1)c1cccs1. The molecular formula is C14H21NOS. The zero-order chi connectivity index (χ0) is 12.1. The number of allylic oxidation sites excluding steroid dienone is 1. The van der Waals surface area contributed by atoms with Gasteiger partial charge in [0.1, 0.15) is 6.10 Å². The number of ether oxygens (including phenoxy) is 1. The summed E-state index contributed by atoms with van der Waals surface area (Å²) in [6.45, 7) is 5.46. The van der Waals surface area contributed by atoms with Crippen LogP contribution in [0.15, 0.2) is 29.9 Å². The maximum Gasteiger partial charge on any atom is 0.110 e. The van der Waals surface area contributed by atoms with E-state index < -0.39 is 0 Å². The Morgan fingerprint density at radius 3 is 3.00 bits per heavy atom. The smallest absolute Gasteiger partial charge is 0.110 e. The Bertz CT molecular complexity index is 345. The van der Waals surface area contributed by atoms with Gasteiger partial charge in [0.05, 0.1) is 6.26 Å². The molecular weight excluding hydrogens is 230 g/mol. The summed E-state index contributed by atoms with van der Waals surface area (Å²) < 4.78 is 5.59. The lowest BCUT2D eigenvalue weighted by Crippen LogP contribution is -2.34. The molecule has 3 heteroatoms. The molecule has 1 aliphatic rings. The summed E-state index contributed by atoms with van der Waals surface area (Å²) in [6, 6.07) is 4.78. The van der Waals surface area contributed by atoms with E-state index in [0.29, 0.717) is 18.1 Å². The van der Waals surface area contributed by atoms with Crippen molar-refractivity contribution in [2.75, 3.05) is 6.54 Å². The molecule has 2 nitrogen and oxygen atoms in total. The number of hydrogen-bond acceptors (Lipinski definition) is 3. The van der Waals surface area contributed by atoms with Crippen LogP contribution in [0, 0.1) is 5.92 Å². The second-order valence-corrected chi connectivity index (χ2v) is 5.83. The third-order valence-electron chi connectivity index (χ3n) is 3.10. The second-order valence-electron chi connectivity index (χ2n) is 4.85. The molecule has 0 saturated heterocycles. The van der Waals surface area contributed by atoms with Crippen molar-refractivity contribution < 1.29 is 4.74 Å². The highest BCUT2D eigenvalue weighted by Crippen LogP contribution is 2.26. The second kappa shape index (κ2) is 6.22. The monoisotopic (exact) mass is 251 g/mol. The minimum Gasteiger partial charge on any atom is -0.497 e. The van der Waals surface area contributed by atoms with Gasteiger partial charge in [0.15, 0.2) is 0 Å². The van der Waals surface area contributed by atoms with Crippen LogP contribution in [0.4, 0.5) is 0 Å². The Kier molecular flexibility index (Phi) is 4.63. The molecule has 2 unspecified atom stereocenters. The van der Waals surface area contributed by atoms with Gasteiger partial charge < -0.3 is 10.1 Å². The van der Waals surface area contributed by atoms with Gasteiger partial charge in [-0.2, -0.15) is 0 Å². The van der Waals surface area contributed by atoms with E-state index in [0.717, 1.165) is 19.4 Å². The fourth-order valence-electron chi connectivity index (χ4n) is 2.13. The summed E-state index contributed by atoms with van der Waals surface area (Å²) >= 11 is 1.83. The van der Waals surface area contributed by atoms with Gasteiger partial charge in [-0.1, -0.05) is 19.9 Å². The molecule has 0 aromatic carbocycles. The molecule has 0 amide bonds. The average Bonchev–Trinajstić information content (AvgIpc) is 2.84. The predicted molar refractivity (Wildman–Crippen MR) is 73.1 cm³/mol. The Balaban J connectivity index is 1.88. The van der Waals surface area contributed by atoms with Gasteiger partial charge in [-0.25, -0.2) is 0 Å². The zero-order valence-electron chi connectivity index (χ0n) is 10.6. The fourth-order valence-corrected chi connectivity index (χ4v) is 3.10. The highest BCUT2D eigenvalue weighted by molar-refractivity contribution is 7.10. The molecule has 2 rings (SSSR count). The molecule has 1 N–H and O–H groups in total. The maximum atomic E-state index is 5.59. The van der Waals surface area contributed by atoms with Gasteiger partial charge in [0, 0.05) is 17.5 Å². The summed E-state index contributed by atoms with van der Waals surface area (Å²) in [5.41, 5.74) is 0. The molecule has 1 aromatic heterocycles. The summed E-state index contributed by atoms with van der Waals surface area (Å²) in [7, 11) is 0. The van der Waals surface area contributed by atoms with E-state index in [2.05, 4.69) is 42.8 Å². The summed E-state index contributed by atoms with van der Waals surface area (Å²) in [5.74, 6) is 0.604. The molecule has 0 spiro atoms. The minimum absolute atomic E-state index is 0.334. The molecule has 2 heterocycles. The molecule has 0 radical (unpaired) electrons. The standard InChI is InChI=1S/C14H21NOS/c1-11(2)14(13-7-5-9-17-13)15-10-12-6-3-4-8-16-12/h4-5,7-9,11-12,14-15H,3,6,10H2,1-2H3. The van der Waals surface area contributed by atoms with E-state index in [4.69, 9.17) is 4.74 Å². The van der Waals surface area contributed by atoms with Gasteiger partial charge >= 0.3 is 0 Å². The van der Waals surface area contributed by atoms with Crippen molar-refractivity contribution in [3.05, 3.63) is 34.7 Å². The topological polar surface area (TPSA) is 21.3 Å². The van der Waals surface area contributed by atoms with Crippen molar-refractivity contribution in [3.8, 4) is 0 Å². The Morgan fingerprint density at radius 1 is 1.53 bits per heavy atom. The molecule has 2 atom stereocenters. The largest absolute Gasteiger partial charge is 0.497 e. The number of nitrogens with one attached hydrogen (secondary N) is 1. The Labute approximate surface area is 108 Å². The minimum atomic E-state index is 0.334. The predicted octanol–water partition coefficient (Wildman–Crippen LogP) is 3.73. The Hall–Kier alpha value is -0.800. The lowest BCUT2D eigenvalue weighted by Gasteiger charge is -2.26. The normalized spacial score (nSPS) is 21.5. The van der Waals surface area contributed by atoms with E-state index in [1.54, 1.807) is 0 Å². The molecule has 94 valence electrons. The lowest BCUT2D eigenvalue weighted by atomic mass is 10.0. The molecule has 17 heavy (non-hydrogen) atoms. The van der Waals surface area contributed by atoms with E-state index in [9.17, 15) is 0 Å². The fraction of sp³-hybridized carbons (Fsp3) is 0.571. The van der Waals surface area contributed by atoms with Crippen molar-refractivity contribution >= 4 is 11.3 Å². The van der Waals surface area contributed by atoms with Crippen LogP contribution in [0.1, 0.15) is 37.6 Å². The quantitative estimate of drug-likeness (QED) is 0.861. The third kappa shape index (κ3) is 3.58. The first kappa shape index (κ1) is 12.7. The lowest BCUT2D eigenvalue weighted by molar-refractivity contribution is 0.117. The average molecular weight is 251 g/mol. The van der Waals surface area contributed by atoms with Gasteiger partial charge in [-0.05, 0) is 36.3 Å². The molecule has 0 saturated carbocycles. The molecule has 0 fully saturated rings. The summed E-state index contributed by atoms with van der Waals surface area (Å²) in [6.07, 6.45) is 6.53. The van der Waals surface area contributed by atoms with Gasteiger partial charge in [-0.3, -0.25) is 0 Å². The highest BCUT2D eigenvalue weighted by Gasteiger charge is 2.19. The summed E-state index contributed by atoms with van der Waals surface area (Å²) in [4.78, 5) is 1.42. The van der Waals surface area contributed by atoms with Crippen LogP contribution in [0.2, 0.25) is 0 Å². The van der Waals surface area contributed by atoms with Gasteiger partial charge in [-0.15, -0.1) is 11.3 Å². The molecule has 1 aliphatic heterocycles. The molecule has 0 aliphatic carbocycles. The van der Waals surface area contributed by atoms with E-state index in [1.165, 1.54) is 4.88 Å².